The Kier molecular flexibility index (Phi) is 8.86. The smallest absolute Gasteiger partial charge is 0.261 e. The normalized spacial score (nSPS) is 26.3. The Morgan fingerprint density at radius 2 is 1.33 bits per heavy atom. The second kappa shape index (κ2) is 11.2. The number of hydrogen-bond acceptors (Lipinski definition) is 6. The van der Waals surface area contributed by atoms with Crippen LogP contribution in [0.3, 0.4) is 0 Å². The molecule has 33 heavy (non-hydrogen) atoms. The largest absolute Gasteiger partial charge is 0.405 e. The average Bonchev–Trinajstić information content (AvgIpc) is 2.83. The van der Waals surface area contributed by atoms with Gasteiger partial charge in [0.1, 0.15) is 6.10 Å². The summed E-state index contributed by atoms with van der Waals surface area (Å²) in [6.45, 7) is 6.91. The van der Waals surface area contributed by atoms with Crippen LogP contribution in [0.25, 0.3) is 0 Å². The van der Waals surface area contributed by atoms with Crippen molar-refractivity contribution in [3.63, 3.8) is 0 Å². The van der Waals surface area contributed by atoms with Crippen LogP contribution in [-0.2, 0) is 23.4 Å². The van der Waals surface area contributed by atoms with Gasteiger partial charge < -0.3 is 28.5 Å². The Morgan fingerprint density at radius 1 is 0.818 bits per heavy atom. The molecule has 2 aromatic carbocycles. The first-order chi connectivity index (χ1) is 15.8. The molecule has 0 spiro atoms. The highest BCUT2D eigenvalue weighted by Gasteiger charge is 2.52. The predicted octanol–water partition coefficient (Wildman–Crippen LogP) is 2.57. The molecule has 1 aliphatic rings. The van der Waals surface area contributed by atoms with Gasteiger partial charge in [0.2, 0.25) is 0 Å². The topological polar surface area (TPSA) is 66.4 Å². The zero-order chi connectivity index (χ0) is 24.1. The second-order valence-electron chi connectivity index (χ2n) is 9.50. The molecule has 0 saturated carbocycles. The van der Waals surface area contributed by atoms with Gasteiger partial charge in [0.05, 0.1) is 25.4 Å². The quantitative estimate of drug-likeness (QED) is 0.564. The van der Waals surface area contributed by atoms with Crippen molar-refractivity contribution in [3.05, 3.63) is 60.7 Å². The maximum atomic E-state index is 10.3. The standard InChI is InChI=1S/C26H38O6Si/c1-26(2,3)33(19-13-9-7-10-14-19,20-15-11-8-12-16-20)31-18-22-21(17-27)23(28-4)24(29-5)25(30-6)32-22/h7-16,21-25,27H,17-18H2,1-6H3/t21-,22+,23-,24+,25-/m0/s1. The average molecular weight is 475 g/mol. The summed E-state index contributed by atoms with van der Waals surface area (Å²) in [6, 6.07) is 20.9. The number of aliphatic hydroxyl groups is 1. The van der Waals surface area contributed by atoms with Crippen molar-refractivity contribution in [2.45, 2.75) is 50.4 Å². The van der Waals surface area contributed by atoms with Gasteiger partial charge in [0, 0.05) is 27.2 Å². The third kappa shape index (κ3) is 5.10. The molecule has 0 unspecified atom stereocenters. The summed E-state index contributed by atoms with van der Waals surface area (Å²) in [7, 11) is 2.07. The predicted molar refractivity (Wildman–Crippen MR) is 131 cm³/mol. The lowest BCUT2D eigenvalue weighted by Gasteiger charge is -2.47. The number of methoxy groups -OCH3 is 3. The molecule has 0 radical (unpaired) electrons. The van der Waals surface area contributed by atoms with Crippen molar-refractivity contribution in [2.75, 3.05) is 34.5 Å². The molecule has 0 aromatic heterocycles. The van der Waals surface area contributed by atoms with Crippen molar-refractivity contribution in [1.29, 1.82) is 0 Å². The van der Waals surface area contributed by atoms with Gasteiger partial charge in [-0.05, 0) is 15.4 Å². The van der Waals surface area contributed by atoms with Crippen LogP contribution in [0, 0.1) is 5.92 Å². The highest BCUT2D eigenvalue weighted by molar-refractivity contribution is 6.99. The van der Waals surface area contributed by atoms with Gasteiger partial charge in [-0.25, -0.2) is 0 Å². The molecule has 2 aromatic rings. The number of ether oxygens (including phenoxy) is 4. The van der Waals surface area contributed by atoms with E-state index in [1.165, 1.54) is 10.4 Å². The lowest BCUT2D eigenvalue weighted by atomic mass is 9.89. The molecule has 1 fully saturated rings. The lowest BCUT2D eigenvalue weighted by molar-refractivity contribution is -0.294. The van der Waals surface area contributed by atoms with E-state index in [0.29, 0.717) is 6.61 Å². The highest BCUT2D eigenvalue weighted by Crippen LogP contribution is 2.38. The van der Waals surface area contributed by atoms with Crippen LogP contribution in [0.15, 0.2) is 60.7 Å². The van der Waals surface area contributed by atoms with Crippen molar-refractivity contribution < 1.29 is 28.5 Å². The van der Waals surface area contributed by atoms with Crippen LogP contribution < -0.4 is 10.4 Å². The van der Waals surface area contributed by atoms with Gasteiger partial charge in [-0.1, -0.05) is 81.4 Å². The van der Waals surface area contributed by atoms with Crippen LogP contribution in [0.4, 0.5) is 0 Å². The van der Waals surface area contributed by atoms with Crippen LogP contribution in [-0.4, -0.2) is 72.6 Å². The molecule has 0 aliphatic carbocycles. The monoisotopic (exact) mass is 474 g/mol. The van der Waals surface area contributed by atoms with Gasteiger partial charge in [-0.2, -0.15) is 0 Å². The summed E-state index contributed by atoms with van der Waals surface area (Å²) < 4.78 is 30.2. The molecule has 182 valence electrons. The first kappa shape index (κ1) is 26.0. The minimum absolute atomic E-state index is 0.108. The molecular formula is C26H38O6Si. The maximum Gasteiger partial charge on any atom is 0.261 e. The summed E-state index contributed by atoms with van der Waals surface area (Å²) in [5.74, 6) is -0.315. The minimum Gasteiger partial charge on any atom is -0.405 e. The third-order valence-electron chi connectivity index (χ3n) is 6.67. The van der Waals surface area contributed by atoms with E-state index in [-0.39, 0.29) is 23.7 Å². The molecule has 1 saturated heterocycles. The Balaban J connectivity index is 2.02. The summed E-state index contributed by atoms with van der Waals surface area (Å²) in [5, 5.41) is 12.5. The maximum absolute atomic E-state index is 10.3. The molecular weight excluding hydrogens is 436 g/mol. The molecule has 7 heteroatoms. The Hall–Kier alpha value is -1.58. The Labute approximate surface area is 198 Å². The van der Waals surface area contributed by atoms with Gasteiger partial charge in [0.15, 0.2) is 6.29 Å². The zero-order valence-electron chi connectivity index (χ0n) is 20.6. The van der Waals surface area contributed by atoms with Crippen LogP contribution in [0.2, 0.25) is 5.04 Å². The number of rotatable bonds is 9. The fourth-order valence-electron chi connectivity index (χ4n) is 5.06. The first-order valence-corrected chi connectivity index (χ1v) is 13.3. The van der Waals surface area contributed by atoms with E-state index in [1.54, 1.807) is 21.3 Å². The van der Waals surface area contributed by atoms with Crippen LogP contribution in [0.1, 0.15) is 20.8 Å². The fourth-order valence-corrected chi connectivity index (χ4v) is 9.63. The number of hydrogen-bond donors (Lipinski definition) is 1. The SMILES string of the molecule is CO[C@H]1O[C@H](CO[Si](c2ccccc2)(c2ccccc2)C(C)(C)C)[C@H](CO)[C@H](OC)[C@H]1OC. The van der Waals surface area contributed by atoms with Crippen molar-refractivity contribution >= 4 is 18.7 Å². The molecule has 5 atom stereocenters. The van der Waals surface area contributed by atoms with E-state index < -0.39 is 26.8 Å². The van der Waals surface area contributed by atoms with Gasteiger partial charge >= 0.3 is 0 Å². The summed E-state index contributed by atoms with van der Waals surface area (Å²) in [4.78, 5) is 0. The van der Waals surface area contributed by atoms with Crippen molar-refractivity contribution in [2.24, 2.45) is 5.92 Å². The lowest BCUT2D eigenvalue weighted by Crippen LogP contribution is -2.68. The summed E-state index contributed by atoms with van der Waals surface area (Å²) >= 11 is 0. The summed E-state index contributed by atoms with van der Waals surface area (Å²) in [6.07, 6.45) is -1.86. The van der Waals surface area contributed by atoms with Gasteiger partial charge in [-0.3, -0.25) is 0 Å². The van der Waals surface area contributed by atoms with Gasteiger partial charge in [-0.15, -0.1) is 0 Å². The molecule has 1 N–H and O–H groups in total. The second-order valence-corrected chi connectivity index (χ2v) is 13.8. The number of benzene rings is 2. The molecule has 1 heterocycles. The van der Waals surface area contributed by atoms with Crippen LogP contribution in [0.5, 0.6) is 0 Å². The number of aliphatic hydroxyl groups excluding tert-OH is 1. The highest BCUT2D eigenvalue weighted by atomic mass is 28.4. The Bertz CT molecular complexity index is 801. The van der Waals surface area contributed by atoms with Crippen molar-refractivity contribution in [1.82, 2.24) is 0 Å². The molecule has 6 nitrogen and oxygen atoms in total. The zero-order valence-corrected chi connectivity index (χ0v) is 21.6. The van der Waals surface area contributed by atoms with E-state index in [4.69, 9.17) is 23.4 Å². The Morgan fingerprint density at radius 3 is 1.73 bits per heavy atom. The van der Waals surface area contributed by atoms with E-state index in [2.05, 4.69) is 69.3 Å². The molecule has 0 amide bonds. The first-order valence-electron chi connectivity index (χ1n) is 11.4. The molecule has 3 rings (SSSR count). The van der Waals surface area contributed by atoms with E-state index in [0.717, 1.165) is 0 Å². The minimum atomic E-state index is -2.74. The van der Waals surface area contributed by atoms with E-state index >= 15 is 0 Å². The fraction of sp³-hybridized carbons (Fsp3) is 0.538. The van der Waals surface area contributed by atoms with E-state index in [9.17, 15) is 5.11 Å². The summed E-state index contributed by atoms with van der Waals surface area (Å²) in [5.41, 5.74) is 0. The van der Waals surface area contributed by atoms with Crippen LogP contribution >= 0.6 is 0 Å². The van der Waals surface area contributed by atoms with Gasteiger partial charge in [0.25, 0.3) is 8.32 Å². The molecule has 0 bridgehead atoms. The third-order valence-corrected chi connectivity index (χ3v) is 11.7. The molecule has 1 aliphatic heterocycles. The van der Waals surface area contributed by atoms with Crippen molar-refractivity contribution in [3.8, 4) is 0 Å². The van der Waals surface area contributed by atoms with E-state index in [1.807, 2.05) is 12.1 Å².